The molecule has 27 heavy (non-hydrogen) atoms. The number of anilines is 1. The quantitative estimate of drug-likeness (QED) is 0.694. The molecular weight excluding hydrogens is 365 g/mol. The van der Waals surface area contributed by atoms with Crippen LogP contribution in [0.5, 0.6) is 0 Å². The lowest BCUT2D eigenvalue weighted by atomic mass is 10.1. The van der Waals surface area contributed by atoms with E-state index >= 15 is 0 Å². The van der Waals surface area contributed by atoms with Gasteiger partial charge in [0.25, 0.3) is 0 Å². The van der Waals surface area contributed by atoms with Gasteiger partial charge in [0.1, 0.15) is 11.5 Å². The number of hydrogen-bond acceptors (Lipinski definition) is 7. The van der Waals surface area contributed by atoms with E-state index < -0.39 is 6.23 Å². The predicted molar refractivity (Wildman–Crippen MR) is 104 cm³/mol. The van der Waals surface area contributed by atoms with Crippen molar-refractivity contribution in [3.63, 3.8) is 0 Å². The summed E-state index contributed by atoms with van der Waals surface area (Å²) >= 11 is 1.55. The van der Waals surface area contributed by atoms with Gasteiger partial charge >= 0.3 is 0 Å². The van der Waals surface area contributed by atoms with Gasteiger partial charge < -0.3 is 10.4 Å². The maximum absolute atomic E-state index is 13.5. The molecule has 1 aliphatic rings. The van der Waals surface area contributed by atoms with Gasteiger partial charge in [0.2, 0.25) is 5.95 Å². The summed E-state index contributed by atoms with van der Waals surface area (Å²) < 4.78 is 14.4. The first-order valence-corrected chi connectivity index (χ1v) is 9.95. The third-order valence-corrected chi connectivity index (χ3v) is 6.03. The summed E-state index contributed by atoms with van der Waals surface area (Å²) in [7, 11) is 0. The van der Waals surface area contributed by atoms with Crippen LogP contribution in [0.4, 0.5) is 10.3 Å². The van der Waals surface area contributed by atoms with E-state index in [0.717, 1.165) is 41.7 Å². The van der Waals surface area contributed by atoms with Crippen molar-refractivity contribution in [2.24, 2.45) is 0 Å². The number of aliphatic hydroxyl groups excluding tert-OH is 1. The molecule has 2 N–H and O–H groups in total. The second-order valence-electron chi connectivity index (χ2n) is 6.95. The van der Waals surface area contributed by atoms with Gasteiger partial charge in [0.05, 0.1) is 22.5 Å². The number of pyridine rings is 1. The Kier molecular flexibility index (Phi) is 5.03. The van der Waals surface area contributed by atoms with Crippen LogP contribution in [0, 0.1) is 12.7 Å². The number of nitrogens with one attached hydrogen (secondary N) is 1. The van der Waals surface area contributed by atoms with E-state index in [0.29, 0.717) is 17.2 Å². The van der Waals surface area contributed by atoms with E-state index in [-0.39, 0.29) is 11.9 Å². The van der Waals surface area contributed by atoms with Crippen molar-refractivity contribution in [2.45, 2.75) is 39.0 Å². The van der Waals surface area contributed by atoms with Crippen molar-refractivity contribution in [3.8, 4) is 0 Å². The van der Waals surface area contributed by atoms with Crippen molar-refractivity contribution in [3.05, 3.63) is 46.5 Å². The van der Waals surface area contributed by atoms with Crippen LogP contribution in [-0.2, 0) is 0 Å². The van der Waals surface area contributed by atoms with Gasteiger partial charge in [-0.1, -0.05) is 0 Å². The summed E-state index contributed by atoms with van der Waals surface area (Å²) in [6, 6.07) is 1.22. The Morgan fingerprint density at radius 3 is 2.78 bits per heavy atom. The highest BCUT2D eigenvalue weighted by Gasteiger charge is 2.26. The third kappa shape index (κ3) is 3.65. The number of rotatable bonds is 5. The predicted octanol–water partition coefficient (Wildman–Crippen LogP) is 3.79. The van der Waals surface area contributed by atoms with Crippen LogP contribution < -0.4 is 5.32 Å². The van der Waals surface area contributed by atoms with Crippen molar-refractivity contribution in [2.75, 3.05) is 18.4 Å². The number of hydrogen-bond donors (Lipinski definition) is 2. The van der Waals surface area contributed by atoms with Crippen LogP contribution in [0.15, 0.2) is 23.8 Å². The number of aryl methyl sites for hydroxylation is 1. The van der Waals surface area contributed by atoms with Crippen LogP contribution in [0.2, 0.25) is 0 Å². The Balaban J connectivity index is 1.69. The molecule has 2 atom stereocenters. The van der Waals surface area contributed by atoms with Gasteiger partial charge in [-0.25, -0.2) is 14.4 Å². The maximum atomic E-state index is 13.5. The number of likely N-dealkylation sites (tertiary alicyclic amines) is 1. The number of aromatic nitrogens is 3. The zero-order valence-electron chi connectivity index (χ0n) is 15.3. The van der Waals surface area contributed by atoms with Crippen LogP contribution in [0.3, 0.4) is 0 Å². The maximum Gasteiger partial charge on any atom is 0.224 e. The molecule has 0 amide bonds. The van der Waals surface area contributed by atoms with Gasteiger partial charge in [-0.2, -0.15) is 0 Å². The molecule has 0 bridgehead atoms. The van der Waals surface area contributed by atoms with Crippen molar-refractivity contribution in [1.29, 1.82) is 0 Å². The van der Waals surface area contributed by atoms with E-state index in [4.69, 9.17) is 0 Å². The monoisotopic (exact) mass is 387 g/mol. The Bertz CT molecular complexity index is 956. The van der Waals surface area contributed by atoms with Crippen molar-refractivity contribution < 1.29 is 9.50 Å². The fraction of sp³-hybridized carbons (Fsp3) is 0.421. The average molecular weight is 387 g/mol. The molecule has 8 heteroatoms. The van der Waals surface area contributed by atoms with Crippen molar-refractivity contribution >= 4 is 27.5 Å². The van der Waals surface area contributed by atoms with E-state index in [2.05, 4.69) is 20.3 Å². The Morgan fingerprint density at radius 2 is 2.04 bits per heavy atom. The Labute approximate surface area is 161 Å². The molecule has 142 valence electrons. The molecule has 0 aliphatic carbocycles. The standard InChI is InChI=1S/C19H22FN5OS/c1-11-10-27-17-15(11)23-19(22-12(2)13-7-14(20)9-21-8-13)24-16(17)18(26)25-5-3-4-6-25/h7-10,12,18,26H,3-6H2,1-2H3,(H,22,23,24). The summed E-state index contributed by atoms with van der Waals surface area (Å²) in [5.74, 6) is 0.0466. The lowest BCUT2D eigenvalue weighted by Gasteiger charge is -2.23. The van der Waals surface area contributed by atoms with E-state index in [1.54, 1.807) is 17.5 Å². The van der Waals surface area contributed by atoms with Gasteiger partial charge in [0, 0.05) is 19.3 Å². The van der Waals surface area contributed by atoms with E-state index in [1.807, 2.05) is 24.1 Å². The number of aliphatic hydroxyl groups is 1. The van der Waals surface area contributed by atoms with Crippen LogP contribution >= 0.6 is 11.3 Å². The minimum atomic E-state index is -0.747. The molecule has 6 nitrogen and oxygen atoms in total. The van der Waals surface area contributed by atoms with E-state index in [1.165, 1.54) is 12.3 Å². The lowest BCUT2D eigenvalue weighted by molar-refractivity contribution is 0.0170. The fourth-order valence-electron chi connectivity index (χ4n) is 3.40. The zero-order chi connectivity index (χ0) is 19.0. The largest absolute Gasteiger partial charge is 0.372 e. The highest BCUT2D eigenvalue weighted by molar-refractivity contribution is 7.17. The highest BCUT2D eigenvalue weighted by Crippen LogP contribution is 2.33. The first kappa shape index (κ1) is 18.2. The Morgan fingerprint density at radius 1 is 1.26 bits per heavy atom. The zero-order valence-corrected chi connectivity index (χ0v) is 16.1. The summed E-state index contributed by atoms with van der Waals surface area (Å²) in [4.78, 5) is 15.2. The molecule has 0 spiro atoms. The summed E-state index contributed by atoms with van der Waals surface area (Å²) in [6.07, 6.45) is 4.22. The summed E-state index contributed by atoms with van der Waals surface area (Å²) in [6.45, 7) is 5.64. The highest BCUT2D eigenvalue weighted by atomic mass is 32.1. The fourth-order valence-corrected chi connectivity index (χ4v) is 4.39. The molecule has 0 saturated carbocycles. The van der Waals surface area contributed by atoms with E-state index in [9.17, 15) is 9.50 Å². The third-order valence-electron chi connectivity index (χ3n) is 4.92. The van der Waals surface area contributed by atoms with Crippen LogP contribution in [-0.4, -0.2) is 38.0 Å². The average Bonchev–Trinajstić information content (AvgIpc) is 3.31. The van der Waals surface area contributed by atoms with Gasteiger partial charge in [-0.05, 0) is 49.3 Å². The number of nitrogens with zero attached hydrogens (tertiary/aromatic N) is 4. The second kappa shape index (κ2) is 7.46. The van der Waals surface area contributed by atoms with Gasteiger partial charge in [-0.15, -0.1) is 11.3 Å². The number of halogens is 1. The topological polar surface area (TPSA) is 74.2 Å². The summed E-state index contributed by atoms with van der Waals surface area (Å²) in [5, 5.41) is 16.2. The first-order chi connectivity index (χ1) is 13.0. The minimum Gasteiger partial charge on any atom is -0.372 e. The second-order valence-corrected chi connectivity index (χ2v) is 7.83. The minimum absolute atomic E-state index is 0.221. The molecular formula is C19H22FN5OS. The molecule has 0 aromatic carbocycles. The number of thiophene rings is 1. The van der Waals surface area contributed by atoms with Gasteiger partial charge in [0.15, 0.2) is 6.23 Å². The normalized spacial score (nSPS) is 17.3. The number of fused-ring (bicyclic) bond motifs is 1. The first-order valence-electron chi connectivity index (χ1n) is 9.08. The molecule has 4 rings (SSSR count). The molecule has 4 heterocycles. The molecule has 2 unspecified atom stereocenters. The van der Waals surface area contributed by atoms with Gasteiger partial charge in [-0.3, -0.25) is 9.88 Å². The van der Waals surface area contributed by atoms with Crippen LogP contribution in [0.25, 0.3) is 10.2 Å². The molecule has 1 saturated heterocycles. The molecule has 0 radical (unpaired) electrons. The molecule has 1 aliphatic heterocycles. The summed E-state index contributed by atoms with van der Waals surface area (Å²) in [5.41, 5.74) is 3.24. The van der Waals surface area contributed by atoms with Crippen LogP contribution in [0.1, 0.15) is 48.9 Å². The SMILES string of the molecule is Cc1csc2c(C(O)N3CCCC3)nc(NC(C)c3cncc(F)c3)nc12. The van der Waals surface area contributed by atoms with Crippen molar-refractivity contribution in [1.82, 2.24) is 19.9 Å². The lowest BCUT2D eigenvalue weighted by Crippen LogP contribution is -2.26. The molecule has 3 aromatic rings. The smallest absolute Gasteiger partial charge is 0.224 e. The Hall–Kier alpha value is -2.16. The molecule has 3 aromatic heterocycles. The molecule has 1 fully saturated rings.